The molecule has 0 N–H and O–H groups in total. The molecule has 2 atom stereocenters. The lowest BCUT2D eigenvalue weighted by atomic mass is 9.78. The third-order valence-corrected chi connectivity index (χ3v) is 3.61. The number of furan rings is 1. The highest BCUT2D eigenvalue weighted by atomic mass is 19.4. The molecular weight excluding hydrogens is 247 g/mol. The third-order valence-electron chi connectivity index (χ3n) is 3.61. The lowest BCUT2D eigenvalue weighted by Gasteiger charge is -2.52. The number of hydrogen-bond donors (Lipinski definition) is 0. The Morgan fingerprint density at radius 3 is 2.44 bits per heavy atom. The predicted octanol–water partition coefficient (Wildman–Crippen LogP) is 2.62. The van der Waals surface area contributed by atoms with Crippen molar-refractivity contribution >= 4 is 5.91 Å². The molecule has 1 aromatic heterocycles. The summed E-state index contributed by atoms with van der Waals surface area (Å²) in [4.78, 5) is 12.1. The predicted molar refractivity (Wildman–Crippen MR) is 57.7 cm³/mol. The van der Waals surface area contributed by atoms with Crippen LogP contribution < -0.4 is 0 Å². The Morgan fingerprint density at radius 1 is 1.39 bits per heavy atom. The molecule has 0 aromatic carbocycles. The first-order chi connectivity index (χ1) is 8.32. The average Bonchev–Trinajstić information content (AvgIpc) is 2.77. The normalized spacial score (nSPS) is 28.1. The highest BCUT2D eigenvalue weighted by Crippen LogP contribution is 2.37. The van der Waals surface area contributed by atoms with E-state index in [0.717, 1.165) is 10.7 Å². The van der Waals surface area contributed by atoms with E-state index in [1.165, 1.54) is 6.26 Å². The Bertz CT molecular complexity index is 417. The number of carbonyl (C=O) groups excluding carboxylic acids is 1. The zero-order valence-electron chi connectivity index (χ0n) is 10.1. The zero-order chi connectivity index (χ0) is 13.5. The Morgan fingerprint density at radius 2 is 2.00 bits per heavy atom. The lowest BCUT2D eigenvalue weighted by molar-refractivity contribution is -0.202. The van der Waals surface area contributed by atoms with Gasteiger partial charge in [-0.1, -0.05) is 0 Å². The van der Waals surface area contributed by atoms with Crippen LogP contribution in [0.3, 0.4) is 0 Å². The molecule has 1 aromatic rings. The summed E-state index contributed by atoms with van der Waals surface area (Å²) < 4.78 is 42.3. The van der Waals surface area contributed by atoms with E-state index in [4.69, 9.17) is 4.42 Å². The fraction of sp³-hybridized carbons (Fsp3) is 0.583. The molecule has 1 fully saturated rings. The molecule has 0 aliphatic carbocycles. The van der Waals surface area contributed by atoms with Gasteiger partial charge in [-0.05, 0) is 26.0 Å². The second-order valence-electron chi connectivity index (χ2n) is 4.64. The Balaban J connectivity index is 2.02. The van der Waals surface area contributed by atoms with Gasteiger partial charge in [0.2, 0.25) is 0 Å². The molecule has 1 amide bonds. The quantitative estimate of drug-likeness (QED) is 0.820. The van der Waals surface area contributed by atoms with E-state index in [9.17, 15) is 18.0 Å². The fourth-order valence-corrected chi connectivity index (χ4v) is 2.60. The summed E-state index contributed by atoms with van der Waals surface area (Å²) in [6, 6.07) is 2.69. The van der Waals surface area contributed by atoms with Crippen LogP contribution in [0.4, 0.5) is 13.2 Å². The van der Waals surface area contributed by atoms with Crippen LogP contribution in [0, 0.1) is 5.92 Å². The van der Waals surface area contributed by atoms with Crippen LogP contribution in [0.1, 0.15) is 19.6 Å². The first-order valence-electron chi connectivity index (χ1n) is 5.74. The number of carbonyl (C=O) groups is 1. The number of nitrogens with zero attached hydrogens (tertiary/aromatic N) is 1. The molecule has 0 spiro atoms. The van der Waals surface area contributed by atoms with Crippen LogP contribution in [0.25, 0.3) is 0 Å². The molecule has 0 radical (unpaired) electrons. The van der Waals surface area contributed by atoms with E-state index in [1.54, 1.807) is 26.0 Å². The van der Waals surface area contributed by atoms with Crippen LogP contribution in [0.2, 0.25) is 0 Å². The molecule has 0 saturated carbocycles. The van der Waals surface area contributed by atoms with Gasteiger partial charge in [0.05, 0.1) is 6.26 Å². The summed E-state index contributed by atoms with van der Waals surface area (Å²) >= 11 is 0. The molecule has 2 heterocycles. The van der Waals surface area contributed by atoms with Gasteiger partial charge < -0.3 is 9.32 Å². The number of alkyl halides is 3. The van der Waals surface area contributed by atoms with E-state index in [-0.39, 0.29) is 5.92 Å². The lowest BCUT2D eigenvalue weighted by Crippen LogP contribution is -2.66. The van der Waals surface area contributed by atoms with Crippen molar-refractivity contribution in [1.29, 1.82) is 0 Å². The van der Waals surface area contributed by atoms with Crippen molar-refractivity contribution in [3.05, 3.63) is 24.2 Å². The largest absolute Gasteiger partial charge is 0.471 e. The monoisotopic (exact) mass is 261 g/mol. The van der Waals surface area contributed by atoms with Crippen LogP contribution in [-0.2, 0) is 11.2 Å². The molecule has 100 valence electrons. The summed E-state index contributed by atoms with van der Waals surface area (Å²) in [5, 5.41) is 0. The van der Waals surface area contributed by atoms with Crippen molar-refractivity contribution in [2.75, 3.05) is 0 Å². The topological polar surface area (TPSA) is 33.5 Å². The van der Waals surface area contributed by atoms with E-state index < -0.39 is 24.2 Å². The SMILES string of the molecule is CC1C(Cc2ccco2)C(C)N1C(=O)C(F)(F)F. The number of halogens is 3. The molecular formula is C12H14F3NO2. The van der Waals surface area contributed by atoms with Crippen molar-refractivity contribution in [3.8, 4) is 0 Å². The number of rotatable bonds is 2. The first-order valence-corrected chi connectivity index (χ1v) is 5.74. The maximum Gasteiger partial charge on any atom is 0.471 e. The second kappa shape index (κ2) is 4.33. The molecule has 3 nitrogen and oxygen atoms in total. The van der Waals surface area contributed by atoms with Gasteiger partial charge in [-0.3, -0.25) is 4.79 Å². The van der Waals surface area contributed by atoms with Crippen molar-refractivity contribution in [2.45, 2.75) is 38.5 Å². The molecule has 18 heavy (non-hydrogen) atoms. The van der Waals surface area contributed by atoms with Gasteiger partial charge >= 0.3 is 12.1 Å². The van der Waals surface area contributed by atoms with Gasteiger partial charge in [0.25, 0.3) is 0 Å². The first kappa shape index (κ1) is 13.0. The molecule has 1 aliphatic heterocycles. The summed E-state index contributed by atoms with van der Waals surface area (Å²) in [6.45, 7) is 3.27. The highest BCUT2D eigenvalue weighted by molar-refractivity contribution is 5.83. The molecule has 1 aliphatic rings. The summed E-state index contributed by atoms with van der Waals surface area (Å²) in [6.07, 6.45) is -2.71. The summed E-state index contributed by atoms with van der Waals surface area (Å²) in [5.74, 6) is -1.02. The Hall–Kier alpha value is -1.46. The maximum absolute atomic E-state index is 12.4. The fourth-order valence-electron chi connectivity index (χ4n) is 2.60. The summed E-state index contributed by atoms with van der Waals surface area (Å²) in [5.41, 5.74) is 0. The minimum absolute atomic E-state index is 0.00227. The van der Waals surface area contributed by atoms with Crippen LogP contribution in [0.5, 0.6) is 0 Å². The van der Waals surface area contributed by atoms with E-state index in [1.807, 2.05) is 0 Å². The van der Waals surface area contributed by atoms with E-state index in [0.29, 0.717) is 6.42 Å². The molecule has 6 heteroatoms. The third kappa shape index (κ3) is 2.11. The van der Waals surface area contributed by atoms with Crippen molar-refractivity contribution in [3.63, 3.8) is 0 Å². The van der Waals surface area contributed by atoms with Gasteiger partial charge in [0, 0.05) is 24.4 Å². The number of likely N-dealkylation sites (tertiary alicyclic amines) is 1. The van der Waals surface area contributed by atoms with Gasteiger partial charge in [-0.15, -0.1) is 0 Å². The van der Waals surface area contributed by atoms with Crippen LogP contribution >= 0.6 is 0 Å². The van der Waals surface area contributed by atoms with Gasteiger partial charge in [-0.2, -0.15) is 13.2 Å². The molecule has 0 bridgehead atoms. The zero-order valence-corrected chi connectivity index (χ0v) is 10.1. The van der Waals surface area contributed by atoms with E-state index in [2.05, 4.69) is 0 Å². The van der Waals surface area contributed by atoms with Crippen molar-refractivity contribution < 1.29 is 22.4 Å². The number of amides is 1. The second-order valence-corrected chi connectivity index (χ2v) is 4.64. The minimum Gasteiger partial charge on any atom is -0.469 e. The van der Waals surface area contributed by atoms with Gasteiger partial charge in [0.1, 0.15) is 5.76 Å². The van der Waals surface area contributed by atoms with Crippen LogP contribution in [0.15, 0.2) is 22.8 Å². The average molecular weight is 261 g/mol. The number of hydrogen-bond acceptors (Lipinski definition) is 2. The van der Waals surface area contributed by atoms with E-state index >= 15 is 0 Å². The highest BCUT2D eigenvalue weighted by Gasteiger charge is 2.53. The van der Waals surface area contributed by atoms with Gasteiger partial charge in [-0.25, -0.2) is 0 Å². The van der Waals surface area contributed by atoms with Crippen LogP contribution in [-0.4, -0.2) is 29.1 Å². The molecule has 1 saturated heterocycles. The minimum atomic E-state index is -4.79. The molecule has 2 rings (SSSR count). The Labute approximate surface area is 103 Å². The standard InChI is InChI=1S/C12H14F3NO2/c1-7-10(6-9-4-3-5-18-9)8(2)16(7)11(17)12(13,14)15/h3-5,7-8,10H,6H2,1-2H3. The maximum atomic E-state index is 12.4. The van der Waals surface area contributed by atoms with Gasteiger partial charge in [0.15, 0.2) is 0 Å². The van der Waals surface area contributed by atoms with Crippen molar-refractivity contribution in [1.82, 2.24) is 4.90 Å². The Kier molecular flexibility index (Phi) is 3.12. The summed E-state index contributed by atoms with van der Waals surface area (Å²) in [7, 11) is 0. The smallest absolute Gasteiger partial charge is 0.469 e. The van der Waals surface area contributed by atoms with Crippen molar-refractivity contribution in [2.24, 2.45) is 5.92 Å². The molecule has 2 unspecified atom stereocenters.